The van der Waals surface area contributed by atoms with E-state index in [9.17, 15) is 13.2 Å². The monoisotopic (exact) mass is 351 g/mol. The highest BCUT2D eigenvalue weighted by Crippen LogP contribution is 2.42. The van der Waals surface area contributed by atoms with E-state index >= 15 is 0 Å². The number of carbonyl (C=O) groups is 1. The Balaban J connectivity index is 1.97. The molecule has 5 nitrogen and oxygen atoms in total. The van der Waals surface area contributed by atoms with Crippen molar-refractivity contribution < 1.29 is 17.9 Å². The minimum atomic E-state index is -3.66. The molecule has 1 aromatic carbocycles. The Bertz CT molecular complexity index is 827. The van der Waals surface area contributed by atoms with Crippen LogP contribution >= 0.6 is 11.3 Å². The number of thiophene rings is 1. The van der Waals surface area contributed by atoms with Crippen LogP contribution in [0, 0.1) is 0 Å². The Morgan fingerprint density at radius 2 is 2.04 bits per heavy atom. The molecule has 0 fully saturated rings. The van der Waals surface area contributed by atoms with Crippen LogP contribution in [0.1, 0.15) is 18.2 Å². The lowest BCUT2D eigenvalue weighted by molar-refractivity contribution is -0.145. The molecule has 0 amide bonds. The van der Waals surface area contributed by atoms with E-state index < -0.39 is 22.0 Å². The van der Waals surface area contributed by atoms with Crippen molar-refractivity contribution in [3.05, 3.63) is 41.3 Å². The average Bonchev–Trinajstić information content (AvgIpc) is 3.08. The van der Waals surface area contributed by atoms with Crippen molar-refractivity contribution in [1.29, 1.82) is 0 Å². The second-order valence-electron chi connectivity index (χ2n) is 5.26. The third kappa shape index (κ3) is 2.69. The normalized spacial score (nSPS) is 17.7. The fourth-order valence-electron chi connectivity index (χ4n) is 2.74. The Hall–Kier alpha value is -1.70. The number of hydrogen-bond donors (Lipinski definition) is 0. The Morgan fingerprint density at radius 1 is 1.35 bits per heavy atom. The van der Waals surface area contributed by atoms with Gasteiger partial charge in [-0.25, -0.2) is 8.42 Å². The second kappa shape index (κ2) is 6.07. The molecule has 2 heterocycles. The predicted molar refractivity (Wildman–Crippen MR) is 88.6 cm³/mol. The van der Waals surface area contributed by atoms with Gasteiger partial charge in [0.05, 0.1) is 18.6 Å². The van der Waals surface area contributed by atoms with Gasteiger partial charge in [-0.15, -0.1) is 11.3 Å². The van der Waals surface area contributed by atoms with E-state index in [1.54, 1.807) is 13.0 Å². The fourth-order valence-corrected chi connectivity index (χ4v) is 6.14. The van der Waals surface area contributed by atoms with Gasteiger partial charge in [0.1, 0.15) is 6.04 Å². The molecule has 122 valence electrons. The molecule has 0 spiro atoms. The molecular weight excluding hydrogens is 334 g/mol. The van der Waals surface area contributed by atoms with Crippen molar-refractivity contribution >= 4 is 27.3 Å². The predicted octanol–water partition coefficient (Wildman–Crippen LogP) is 2.87. The maximum absolute atomic E-state index is 12.8. The second-order valence-corrected chi connectivity index (χ2v) is 8.26. The van der Waals surface area contributed by atoms with Crippen molar-refractivity contribution in [1.82, 2.24) is 4.31 Å². The van der Waals surface area contributed by atoms with Gasteiger partial charge in [0.2, 0.25) is 10.0 Å². The number of hydrogen-bond acceptors (Lipinski definition) is 5. The minimum Gasteiger partial charge on any atom is -0.468 e. The van der Waals surface area contributed by atoms with Gasteiger partial charge in [-0.1, -0.05) is 37.3 Å². The molecule has 1 aromatic heterocycles. The molecule has 0 bridgehead atoms. The first-order valence-corrected chi connectivity index (χ1v) is 9.52. The van der Waals surface area contributed by atoms with Gasteiger partial charge in [0.15, 0.2) is 0 Å². The highest BCUT2D eigenvalue weighted by molar-refractivity contribution is 7.89. The van der Waals surface area contributed by atoms with Crippen molar-refractivity contribution in [3.63, 3.8) is 0 Å². The molecule has 0 saturated heterocycles. The summed E-state index contributed by atoms with van der Waals surface area (Å²) in [6.07, 6.45) is 0.381. The summed E-state index contributed by atoms with van der Waals surface area (Å²) in [4.78, 5) is 13.9. The summed E-state index contributed by atoms with van der Waals surface area (Å²) >= 11 is 1.46. The van der Waals surface area contributed by atoms with E-state index in [0.29, 0.717) is 11.3 Å². The first-order valence-electron chi connectivity index (χ1n) is 7.26. The van der Waals surface area contributed by atoms with Crippen molar-refractivity contribution in [3.8, 4) is 10.4 Å². The lowest BCUT2D eigenvalue weighted by Gasteiger charge is -2.22. The number of methoxy groups -OCH3 is 1. The zero-order valence-corrected chi connectivity index (χ0v) is 14.5. The number of sulfonamides is 1. The summed E-state index contributed by atoms with van der Waals surface area (Å²) in [7, 11) is -2.38. The van der Waals surface area contributed by atoms with Crippen LogP contribution in [0.3, 0.4) is 0 Å². The van der Waals surface area contributed by atoms with Crippen LogP contribution in [-0.4, -0.2) is 31.8 Å². The van der Waals surface area contributed by atoms with Gasteiger partial charge in [0, 0.05) is 9.75 Å². The first kappa shape index (κ1) is 16.2. The summed E-state index contributed by atoms with van der Waals surface area (Å²) in [5.74, 6) is -0.519. The number of benzene rings is 1. The summed E-state index contributed by atoms with van der Waals surface area (Å²) in [6.45, 7) is 2.00. The van der Waals surface area contributed by atoms with Gasteiger partial charge < -0.3 is 4.74 Å². The van der Waals surface area contributed by atoms with E-state index in [1.165, 1.54) is 22.8 Å². The molecule has 0 radical (unpaired) electrons. The van der Waals surface area contributed by atoms with Crippen LogP contribution < -0.4 is 0 Å². The number of esters is 1. The molecule has 0 aliphatic carbocycles. The number of fused-ring (bicyclic) bond motifs is 1. The number of rotatable bonds is 4. The highest BCUT2D eigenvalue weighted by Gasteiger charge is 2.43. The SMILES string of the molecule is CCC(C(=O)OC)N1Cc2sc(-c3ccccc3)cc2S1(=O)=O. The van der Waals surface area contributed by atoms with E-state index in [1.807, 2.05) is 30.3 Å². The molecule has 1 aliphatic heterocycles. The quantitative estimate of drug-likeness (QED) is 0.795. The third-order valence-electron chi connectivity index (χ3n) is 3.92. The lowest BCUT2D eigenvalue weighted by atomic mass is 10.2. The summed E-state index contributed by atoms with van der Waals surface area (Å²) in [5.41, 5.74) is 0.994. The summed E-state index contributed by atoms with van der Waals surface area (Å²) < 4.78 is 31.5. The van der Waals surface area contributed by atoms with E-state index in [2.05, 4.69) is 0 Å². The molecule has 0 saturated carbocycles. The zero-order chi connectivity index (χ0) is 16.6. The van der Waals surface area contributed by atoms with Gasteiger partial charge in [0.25, 0.3) is 0 Å². The molecule has 1 aliphatic rings. The number of ether oxygens (including phenoxy) is 1. The van der Waals surface area contributed by atoms with Crippen LogP contribution in [0.4, 0.5) is 0 Å². The first-order chi connectivity index (χ1) is 11.0. The third-order valence-corrected chi connectivity index (χ3v) is 7.14. The number of nitrogens with zero attached hydrogens (tertiary/aromatic N) is 1. The molecule has 1 unspecified atom stereocenters. The van der Waals surface area contributed by atoms with Gasteiger partial charge in [-0.3, -0.25) is 4.79 Å². The maximum atomic E-state index is 12.8. The minimum absolute atomic E-state index is 0.225. The van der Waals surface area contributed by atoms with Crippen molar-refractivity contribution in [2.24, 2.45) is 0 Å². The van der Waals surface area contributed by atoms with Crippen LogP contribution in [-0.2, 0) is 26.1 Å². The van der Waals surface area contributed by atoms with Crippen molar-refractivity contribution in [2.75, 3.05) is 7.11 Å². The molecule has 23 heavy (non-hydrogen) atoms. The van der Waals surface area contributed by atoms with Crippen LogP contribution in [0.25, 0.3) is 10.4 Å². The topological polar surface area (TPSA) is 63.7 Å². The standard InChI is InChI=1S/C16H17NO4S2/c1-3-12(16(18)21-2)17-10-14-15(23(17,19)20)9-13(22-14)11-7-5-4-6-8-11/h4-9,12H,3,10H2,1-2H3. The Labute approximate surface area is 139 Å². The van der Waals surface area contributed by atoms with Crippen LogP contribution in [0.5, 0.6) is 0 Å². The molecule has 7 heteroatoms. The largest absolute Gasteiger partial charge is 0.468 e. The molecule has 2 aromatic rings. The molecule has 0 N–H and O–H groups in total. The van der Waals surface area contributed by atoms with Crippen molar-refractivity contribution in [2.45, 2.75) is 30.8 Å². The van der Waals surface area contributed by atoms with E-state index in [-0.39, 0.29) is 6.54 Å². The summed E-state index contributed by atoms with van der Waals surface area (Å²) in [5, 5.41) is 0. The van der Waals surface area contributed by atoms with Crippen LogP contribution in [0.2, 0.25) is 0 Å². The molecular formula is C16H17NO4S2. The van der Waals surface area contributed by atoms with Crippen LogP contribution in [0.15, 0.2) is 41.3 Å². The molecule has 1 atom stereocenters. The van der Waals surface area contributed by atoms with Gasteiger partial charge in [-0.2, -0.15) is 4.31 Å². The van der Waals surface area contributed by atoms with E-state index in [4.69, 9.17) is 4.74 Å². The fraction of sp³-hybridized carbons (Fsp3) is 0.312. The smallest absolute Gasteiger partial charge is 0.324 e. The average molecular weight is 351 g/mol. The van der Waals surface area contributed by atoms with E-state index in [0.717, 1.165) is 15.3 Å². The Morgan fingerprint density at radius 3 is 2.61 bits per heavy atom. The van der Waals surface area contributed by atoms with Gasteiger partial charge in [-0.05, 0) is 18.1 Å². The summed E-state index contributed by atoms with van der Waals surface area (Å²) in [6, 6.07) is 10.6. The maximum Gasteiger partial charge on any atom is 0.324 e. The highest BCUT2D eigenvalue weighted by atomic mass is 32.2. The lowest BCUT2D eigenvalue weighted by Crippen LogP contribution is -2.41. The Kier molecular flexibility index (Phi) is 4.27. The number of carbonyl (C=O) groups excluding carboxylic acids is 1. The zero-order valence-electron chi connectivity index (χ0n) is 12.9. The molecule has 3 rings (SSSR count). The van der Waals surface area contributed by atoms with Gasteiger partial charge >= 0.3 is 5.97 Å².